The Hall–Kier alpha value is -4.79. The molecule has 10 rings (SSSR count). The van der Waals surface area contributed by atoms with Crippen LogP contribution in [0.25, 0.3) is 0 Å². The Labute approximate surface area is 501 Å². The van der Waals surface area contributed by atoms with E-state index in [1.807, 2.05) is 38.4 Å². The molecule has 0 spiro atoms. The number of rotatable bonds is 18. The van der Waals surface area contributed by atoms with Crippen molar-refractivity contribution < 1.29 is 46.2 Å². The molecule has 0 radical (unpaired) electrons. The number of hydrogen-bond donors (Lipinski definition) is 2. The molecule has 0 bridgehead atoms. The van der Waals surface area contributed by atoms with Crippen LogP contribution in [0.15, 0.2) is 182 Å². The number of benzene rings is 6. The zero-order valence-corrected chi connectivity index (χ0v) is 53.1. The molecule has 4 aliphatic rings. The molecule has 0 aliphatic heterocycles. The number of halogens is 1. The fourth-order valence-electron chi connectivity index (χ4n) is 11.1. The lowest BCUT2D eigenvalue weighted by molar-refractivity contribution is 0.0649. The molecule has 6 aromatic rings. The van der Waals surface area contributed by atoms with Gasteiger partial charge in [-0.25, -0.2) is 8.42 Å². The van der Waals surface area contributed by atoms with Crippen LogP contribution in [0.2, 0.25) is 0 Å². The Kier molecular flexibility index (Phi) is 28.1. The molecule has 4 saturated carbocycles. The predicted molar refractivity (Wildman–Crippen MR) is 337 cm³/mol. The van der Waals surface area contributed by atoms with Crippen molar-refractivity contribution in [2.45, 2.75) is 120 Å². The van der Waals surface area contributed by atoms with Crippen molar-refractivity contribution in [1.29, 1.82) is 0 Å². The fourth-order valence-corrected chi connectivity index (χ4v) is 13.0. The van der Waals surface area contributed by atoms with Gasteiger partial charge in [-0.15, -0.1) is 0 Å². The lowest BCUT2D eigenvalue weighted by Crippen LogP contribution is -2.42. The van der Waals surface area contributed by atoms with Crippen LogP contribution in [0.4, 0.5) is 0 Å². The summed E-state index contributed by atoms with van der Waals surface area (Å²) in [4.78, 5) is 0. The first-order valence-corrected chi connectivity index (χ1v) is 36.6. The summed E-state index contributed by atoms with van der Waals surface area (Å²) in [5.74, 6) is 4.14. The van der Waals surface area contributed by atoms with Gasteiger partial charge in [0.2, 0.25) is 9.05 Å². The predicted octanol–water partition coefficient (Wildman–Crippen LogP) is 12.7. The van der Waals surface area contributed by atoms with E-state index in [9.17, 15) is 33.7 Å². The Bertz CT molecular complexity index is 2970. The molecular formula is C65H87ClN2O11S4. The van der Waals surface area contributed by atoms with Crippen LogP contribution in [-0.2, 0) is 52.0 Å². The summed E-state index contributed by atoms with van der Waals surface area (Å²) in [6.45, 7) is 2.37. The molecule has 83 heavy (non-hydrogen) atoms. The molecule has 0 heterocycles. The topological polar surface area (TPSA) is 202 Å². The average Bonchev–Trinajstić information content (AvgIpc) is 3.62. The van der Waals surface area contributed by atoms with Crippen LogP contribution in [0, 0.1) is 23.7 Å². The standard InChI is InChI=1S/2C19H22O3S.C19H22.C5H11NO3S.C2H7N.CH3ClO2S/c2*1-23(20,21)22-18-12-15(13-18)14-19(16-8-4-2-5-9-16)17-10-6-3-7-11-17;1-15-12-16(13-15)14-19(17-8-4-2-5-9-17)18-10-6-3-7-11-18;1-10(7,8)9-5-2-4(6)3-5;1-3-2;1-5(2,3)4/h2*2-11,15,18-19H,12-14H2,1H3;2-11,15-16,19H,12-14H2,1H3;4-5H,2-3,6H2,1H3;3H,1-2H3;1H3. The van der Waals surface area contributed by atoms with Gasteiger partial charge in [-0.1, -0.05) is 189 Å². The van der Waals surface area contributed by atoms with E-state index < -0.39 is 39.4 Å². The Morgan fingerprint density at radius 2 is 0.578 bits per heavy atom. The molecule has 0 saturated heterocycles. The maximum Gasteiger partial charge on any atom is 0.264 e. The molecule has 4 aliphatic carbocycles. The highest BCUT2D eigenvalue weighted by Gasteiger charge is 2.36. The smallest absolute Gasteiger partial charge is 0.264 e. The molecule has 454 valence electrons. The van der Waals surface area contributed by atoms with Gasteiger partial charge < -0.3 is 11.1 Å². The van der Waals surface area contributed by atoms with Crippen LogP contribution in [-0.4, -0.2) is 97.1 Å². The van der Waals surface area contributed by atoms with E-state index in [1.54, 1.807) is 0 Å². The van der Waals surface area contributed by atoms with Crippen molar-refractivity contribution >= 4 is 50.1 Å². The zero-order valence-electron chi connectivity index (χ0n) is 49.0. The first kappa shape index (κ1) is 69.0. The van der Waals surface area contributed by atoms with Crippen molar-refractivity contribution in [3.05, 3.63) is 215 Å². The summed E-state index contributed by atoms with van der Waals surface area (Å²) in [5, 5.41) is 2.75. The monoisotopic (exact) mass is 1230 g/mol. The molecule has 4 fully saturated rings. The summed E-state index contributed by atoms with van der Waals surface area (Å²) >= 11 is 0. The third-order valence-corrected chi connectivity index (χ3v) is 16.7. The van der Waals surface area contributed by atoms with Crippen LogP contribution in [0.1, 0.15) is 129 Å². The highest BCUT2D eigenvalue weighted by molar-refractivity contribution is 8.13. The van der Waals surface area contributed by atoms with Gasteiger partial charge in [-0.05, 0) is 142 Å². The molecular weight excluding hydrogens is 1150 g/mol. The van der Waals surface area contributed by atoms with E-state index in [0.717, 1.165) is 75.4 Å². The summed E-state index contributed by atoms with van der Waals surface area (Å²) in [7, 11) is -4.89. The van der Waals surface area contributed by atoms with Gasteiger partial charge in [0, 0.05) is 34.5 Å². The van der Waals surface area contributed by atoms with Crippen molar-refractivity contribution in [2.75, 3.05) is 39.1 Å². The molecule has 3 N–H and O–H groups in total. The van der Waals surface area contributed by atoms with E-state index in [2.05, 4.69) is 185 Å². The summed E-state index contributed by atoms with van der Waals surface area (Å²) in [6.07, 6.45) is 14.6. The lowest BCUT2D eigenvalue weighted by atomic mass is 9.70. The molecule has 0 atom stereocenters. The number of hydrogen-bond acceptors (Lipinski definition) is 13. The Balaban J connectivity index is 0.000000199. The largest absolute Gasteiger partial charge is 0.328 e. The molecule has 0 unspecified atom stereocenters. The average molecular weight is 1240 g/mol. The minimum atomic E-state index is -3.34. The van der Waals surface area contributed by atoms with Crippen LogP contribution >= 0.6 is 10.7 Å². The van der Waals surface area contributed by atoms with Crippen molar-refractivity contribution in [3.63, 3.8) is 0 Å². The highest BCUT2D eigenvalue weighted by atomic mass is 35.7. The first-order valence-electron chi connectivity index (χ1n) is 28.4. The molecule has 0 amide bonds. The van der Waals surface area contributed by atoms with Gasteiger partial charge in [-0.3, -0.25) is 12.5 Å². The van der Waals surface area contributed by atoms with E-state index in [-0.39, 0.29) is 24.4 Å². The second-order valence-corrected chi connectivity index (χ2v) is 30.5. The maximum atomic E-state index is 11.2. The van der Waals surface area contributed by atoms with Crippen LogP contribution < -0.4 is 11.1 Å². The summed E-state index contributed by atoms with van der Waals surface area (Å²) in [5.41, 5.74) is 13.6. The van der Waals surface area contributed by atoms with Gasteiger partial charge in [-0.2, -0.15) is 25.3 Å². The fraction of sp³-hybridized carbons (Fsp3) is 0.446. The Morgan fingerprint density at radius 1 is 0.398 bits per heavy atom. The van der Waals surface area contributed by atoms with Crippen molar-refractivity contribution in [1.82, 2.24) is 5.32 Å². The second-order valence-electron chi connectivity index (χ2n) is 22.6. The molecule has 6 aromatic carbocycles. The molecule has 13 nitrogen and oxygen atoms in total. The SMILES string of the molecule is CC1CC(CC(c2ccccc2)c2ccccc2)C1.CNC.CS(=O)(=O)Cl.CS(=O)(=O)OC1CC(CC(c2ccccc2)c2ccccc2)C1.CS(=O)(=O)OC1CC(CC(c2ccccc2)c2ccccc2)C1.CS(=O)(=O)OC1CC(N)C1. The van der Waals surface area contributed by atoms with E-state index in [0.29, 0.717) is 42.4 Å². The molecule has 18 heteroatoms. The van der Waals surface area contributed by atoms with Gasteiger partial charge in [0.25, 0.3) is 30.4 Å². The molecule has 0 aromatic heterocycles. The summed E-state index contributed by atoms with van der Waals surface area (Å²) in [6, 6.07) is 64.1. The third-order valence-electron chi connectivity index (χ3n) is 14.8. The minimum Gasteiger partial charge on any atom is -0.328 e. The van der Waals surface area contributed by atoms with E-state index in [4.69, 9.17) is 14.1 Å². The maximum absolute atomic E-state index is 11.2. The number of nitrogens with two attached hydrogens (primary N) is 1. The van der Waals surface area contributed by atoms with Gasteiger partial charge in [0.05, 0.1) is 43.3 Å². The quantitative estimate of drug-likeness (QED) is 0.0608. The zero-order chi connectivity index (χ0) is 60.6. The summed E-state index contributed by atoms with van der Waals surface area (Å²) < 4.78 is 99.3. The van der Waals surface area contributed by atoms with Crippen molar-refractivity contribution in [3.8, 4) is 0 Å². The first-order chi connectivity index (χ1) is 39.2. The van der Waals surface area contributed by atoms with Crippen LogP contribution in [0.5, 0.6) is 0 Å². The lowest BCUT2D eigenvalue weighted by Gasteiger charge is -2.36. The second kappa shape index (κ2) is 33.8. The van der Waals surface area contributed by atoms with Gasteiger partial charge >= 0.3 is 0 Å². The third kappa shape index (κ3) is 27.4. The number of nitrogens with one attached hydrogen (secondary N) is 1. The van der Waals surface area contributed by atoms with E-state index in [1.165, 1.54) is 52.6 Å². The normalized spacial score (nSPS) is 21.7. The van der Waals surface area contributed by atoms with Gasteiger partial charge in [0.15, 0.2) is 0 Å². The Morgan fingerprint density at radius 3 is 0.747 bits per heavy atom. The van der Waals surface area contributed by atoms with Crippen molar-refractivity contribution in [2.24, 2.45) is 29.4 Å². The highest BCUT2D eigenvalue weighted by Crippen LogP contribution is 2.44. The van der Waals surface area contributed by atoms with Gasteiger partial charge in [0.1, 0.15) is 0 Å². The van der Waals surface area contributed by atoms with E-state index >= 15 is 0 Å². The minimum absolute atomic E-state index is 0.131. The van der Waals surface area contributed by atoms with Crippen LogP contribution in [0.3, 0.4) is 0 Å².